The van der Waals surface area contributed by atoms with Gasteiger partial charge in [-0.1, -0.05) is 38.3 Å². The number of ether oxygens (including phenoxy) is 1. The Balaban J connectivity index is 2.73. The monoisotopic (exact) mass is 267 g/mol. The van der Waals surface area contributed by atoms with Crippen molar-refractivity contribution in [3.05, 3.63) is 11.6 Å². The smallest absolute Gasteiger partial charge is 0.0763 e. The lowest BCUT2D eigenvalue weighted by Crippen LogP contribution is -2.43. The van der Waals surface area contributed by atoms with E-state index in [2.05, 4.69) is 32.2 Å². The highest BCUT2D eigenvalue weighted by molar-refractivity contribution is 5.14. The fourth-order valence-electron chi connectivity index (χ4n) is 2.96. The summed E-state index contributed by atoms with van der Waals surface area (Å²) in [6.07, 6.45) is 13.1. The Labute approximate surface area is 120 Å². The van der Waals surface area contributed by atoms with Crippen molar-refractivity contribution in [2.24, 2.45) is 0 Å². The van der Waals surface area contributed by atoms with Gasteiger partial charge in [-0.2, -0.15) is 0 Å². The van der Waals surface area contributed by atoms with Crippen LogP contribution < -0.4 is 5.32 Å². The zero-order valence-electron chi connectivity index (χ0n) is 13.2. The first-order valence-corrected chi connectivity index (χ1v) is 8.37. The molecule has 0 saturated carbocycles. The van der Waals surface area contributed by atoms with Crippen LogP contribution in [0.3, 0.4) is 0 Å². The Morgan fingerprint density at radius 3 is 2.63 bits per heavy atom. The Morgan fingerprint density at radius 1 is 1.16 bits per heavy atom. The molecular formula is C17H33NO. The van der Waals surface area contributed by atoms with Crippen LogP contribution in [0.25, 0.3) is 0 Å². The quantitative estimate of drug-likeness (QED) is 0.656. The third kappa shape index (κ3) is 6.09. The van der Waals surface area contributed by atoms with Crippen LogP contribution in [-0.2, 0) is 4.74 Å². The molecule has 1 aliphatic carbocycles. The van der Waals surface area contributed by atoms with Crippen molar-refractivity contribution in [3.63, 3.8) is 0 Å². The van der Waals surface area contributed by atoms with Crippen LogP contribution in [0.4, 0.5) is 0 Å². The van der Waals surface area contributed by atoms with Crippen molar-refractivity contribution >= 4 is 0 Å². The number of hydrogen-bond acceptors (Lipinski definition) is 2. The summed E-state index contributed by atoms with van der Waals surface area (Å²) in [6, 6.07) is 0.433. The van der Waals surface area contributed by atoms with Crippen LogP contribution in [0.2, 0.25) is 0 Å². The number of allylic oxidation sites excluding steroid dienone is 1. The molecule has 2 heteroatoms. The second kappa shape index (κ2) is 10.4. The minimum atomic E-state index is 0.335. The molecule has 1 aliphatic rings. The zero-order valence-corrected chi connectivity index (χ0v) is 13.2. The van der Waals surface area contributed by atoms with Crippen LogP contribution in [0, 0.1) is 0 Å². The lowest BCUT2D eigenvalue weighted by molar-refractivity contribution is 0.0398. The minimum Gasteiger partial charge on any atom is -0.377 e. The molecule has 19 heavy (non-hydrogen) atoms. The van der Waals surface area contributed by atoms with Crippen molar-refractivity contribution in [2.45, 2.75) is 84.3 Å². The molecule has 2 nitrogen and oxygen atoms in total. The third-order valence-electron chi connectivity index (χ3n) is 3.99. The first-order valence-electron chi connectivity index (χ1n) is 8.37. The SMILES string of the molecule is CCCNC(C1=CCCCCCC1)C(CC)OCC. The average molecular weight is 267 g/mol. The van der Waals surface area contributed by atoms with Gasteiger partial charge in [0, 0.05) is 6.61 Å². The largest absolute Gasteiger partial charge is 0.377 e. The van der Waals surface area contributed by atoms with Gasteiger partial charge in [0.05, 0.1) is 12.1 Å². The molecule has 0 heterocycles. The first-order chi connectivity index (χ1) is 9.33. The molecule has 112 valence electrons. The van der Waals surface area contributed by atoms with Crippen LogP contribution >= 0.6 is 0 Å². The molecule has 0 fully saturated rings. The second-order valence-corrected chi connectivity index (χ2v) is 5.57. The van der Waals surface area contributed by atoms with Crippen LogP contribution in [0.1, 0.15) is 72.1 Å². The molecule has 2 atom stereocenters. The molecule has 0 aromatic carbocycles. The molecule has 0 amide bonds. The summed E-state index contributed by atoms with van der Waals surface area (Å²) < 4.78 is 5.97. The highest BCUT2D eigenvalue weighted by Crippen LogP contribution is 2.23. The van der Waals surface area contributed by atoms with E-state index >= 15 is 0 Å². The van der Waals surface area contributed by atoms with E-state index in [-0.39, 0.29) is 0 Å². The molecule has 0 aliphatic heterocycles. The summed E-state index contributed by atoms with van der Waals surface area (Å²) in [7, 11) is 0. The fourth-order valence-corrected chi connectivity index (χ4v) is 2.96. The van der Waals surface area contributed by atoms with E-state index in [4.69, 9.17) is 4.74 Å². The lowest BCUT2D eigenvalue weighted by atomic mass is 9.91. The van der Waals surface area contributed by atoms with Gasteiger partial charge in [0.2, 0.25) is 0 Å². The van der Waals surface area contributed by atoms with Gasteiger partial charge < -0.3 is 10.1 Å². The molecule has 0 aromatic rings. The average Bonchev–Trinajstić information content (AvgIpc) is 2.39. The lowest BCUT2D eigenvalue weighted by Gasteiger charge is -2.30. The van der Waals surface area contributed by atoms with E-state index in [1.165, 1.54) is 44.9 Å². The highest BCUT2D eigenvalue weighted by Gasteiger charge is 2.23. The number of nitrogens with one attached hydrogen (secondary N) is 1. The van der Waals surface area contributed by atoms with E-state index in [1.807, 2.05) is 0 Å². The Hall–Kier alpha value is -0.340. The van der Waals surface area contributed by atoms with Crippen molar-refractivity contribution in [1.29, 1.82) is 0 Å². The van der Waals surface area contributed by atoms with Crippen LogP contribution in [0.5, 0.6) is 0 Å². The summed E-state index contributed by atoms with van der Waals surface area (Å²) in [5.41, 5.74) is 1.61. The van der Waals surface area contributed by atoms with Crippen molar-refractivity contribution in [3.8, 4) is 0 Å². The van der Waals surface area contributed by atoms with E-state index in [9.17, 15) is 0 Å². The van der Waals surface area contributed by atoms with E-state index in [0.717, 1.165) is 19.6 Å². The standard InChI is InChI=1S/C17H33NO/c1-4-14-18-17(16(5-2)19-6-3)15-12-10-8-7-9-11-13-15/h12,16-18H,4-11,13-14H2,1-3H3. The molecule has 0 spiro atoms. The first kappa shape index (κ1) is 16.7. The fraction of sp³-hybridized carbons (Fsp3) is 0.882. The summed E-state index contributed by atoms with van der Waals surface area (Å²) in [6.45, 7) is 8.48. The molecule has 0 bridgehead atoms. The van der Waals surface area contributed by atoms with E-state index in [0.29, 0.717) is 12.1 Å². The maximum atomic E-state index is 5.97. The zero-order chi connectivity index (χ0) is 13.9. The van der Waals surface area contributed by atoms with Crippen molar-refractivity contribution in [2.75, 3.05) is 13.2 Å². The summed E-state index contributed by atoms with van der Waals surface area (Å²) in [5, 5.41) is 3.73. The molecule has 1 N–H and O–H groups in total. The summed E-state index contributed by atoms with van der Waals surface area (Å²) in [4.78, 5) is 0. The Bertz CT molecular complexity index is 250. The summed E-state index contributed by atoms with van der Waals surface area (Å²) >= 11 is 0. The van der Waals surface area contributed by atoms with Gasteiger partial charge in [-0.15, -0.1) is 0 Å². The highest BCUT2D eigenvalue weighted by atomic mass is 16.5. The second-order valence-electron chi connectivity index (χ2n) is 5.57. The van der Waals surface area contributed by atoms with Gasteiger partial charge in [-0.25, -0.2) is 0 Å². The minimum absolute atomic E-state index is 0.335. The number of hydrogen-bond donors (Lipinski definition) is 1. The normalized spacial score (nSPS) is 20.3. The topological polar surface area (TPSA) is 21.3 Å². The maximum absolute atomic E-state index is 5.97. The van der Waals surface area contributed by atoms with Gasteiger partial charge in [0.25, 0.3) is 0 Å². The van der Waals surface area contributed by atoms with Crippen LogP contribution in [0.15, 0.2) is 11.6 Å². The van der Waals surface area contributed by atoms with E-state index in [1.54, 1.807) is 5.57 Å². The molecule has 0 aromatic heterocycles. The van der Waals surface area contributed by atoms with Crippen molar-refractivity contribution in [1.82, 2.24) is 5.32 Å². The predicted octanol–water partition coefficient (Wildman–Crippen LogP) is 4.45. The Morgan fingerprint density at radius 2 is 1.95 bits per heavy atom. The summed E-state index contributed by atoms with van der Waals surface area (Å²) in [5.74, 6) is 0. The Kier molecular flexibility index (Phi) is 9.19. The maximum Gasteiger partial charge on any atom is 0.0763 e. The predicted molar refractivity (Wildman–Crippen MR) is 83.6 cm³/mol. The molecule has 2 unspecified atom stereocenters. The molecule has 0 radical (unpaired) electrons. The van der Waals surface area contributed by atoms with Gasteiger partial charge >= 0.3 is 0 Å². The van der Waals surface area contributed by atoms with Gasteiger partial charge in [0.1, 0.15) is 0 Å². The number of rotatable bonds is 8. The van der Waals surface area contributed by atoms with Gasteiger partial charge in [-0.3, -0.25) is 0 Å². The van der Waals surface area contributed by atoms with Crippen LogP contribution in [-0.4, -0.2) is 25.3 Å². The third-order valence-corrected chi connectivity index (χ3v) is 3.99. The van der Waals surface area contributed by atoms with Gasteiger partial charge in [0.15, 0.2) is 0 Å². The van der Waals surface area contributed by atoms with E-state index < -0.39 is 0 Å². The molecular weight excluding hydrogens is 234 g/mol. The van der Waals surface area contributed by atoms with Gasteiger partial charge in [-0.05, 0) is 52.0 Å². The molecule has 1 rings (SSSR count). The van der Waals surface area contributed by atoms with Crippen molar-refractivity contribution < 1.29 is 4.74 Å². The molecule has 0 saturated heterocycles.